The van der Waals surface area contributed by atoms with Gasteiger partial charge in [-0.1, -0.05) is 6.42 Å². The summed E-state index contributed by atoms with van der Waals surface area (Å²) >= 11 is 0. The van der Waals surface area contributed by atoms with Gasteiger partial charge < -0.3 is 5.73 Å². The largest absolute Gasteiger partial charge is 0.320 e. The fraction of sp³-hybridized carbons (Fsp3) is 0.667. The van der Waals surface area contributed by atoms with Crippen LogP contribution in [0.15, 0.2) is 6.20 Å². The molecule has 2 aliphatic rings. The van der Waals surface area contributed by atoms with E-state index in [4.69, 9.17) is 10.7 Å². The molecule has 1 aromatic rings. The second-order valence-electron chi connectivity index (χ2n) is 5.15. The Morgan fingerprint density at radius 3 is 2.93 bits per heavy atom. The van der Waals surface area contributed by atoms with E-state index in [1.165, 1.54) is 24.8 Å². The van der Waals surface area contributed by atoms with E-state index in [-0.39, 0.29) is 5.54 Å². The maximum atomic E-state index is 6.23. The van der Waals surface area contributed by atoms with Crippen LogP contribution in [-0.4, -0.2) is 9.97 Å². The molecule has 0 bridgehead atoms. The molecule has 2 aliphatic carbocycles. The second kappa shape index (κ2) is 3.01. The number of rotatable bonds is 1. The molecule has 3 rings (SSSR count). The van der Waals surface area contributed by atoms with E-state index < -0.39 is 0 Å². The Balaban J connectivity index is 2.01. The minimum atomic E-state index is -0.225. The van der Waals surface area contributed by atoms with Gasteiger partial charge in [0.2, 0.25) is 0 Å². The van der Waals surface area contributed by atoms with Crippen LogP contribution < -0.4 is 5.73 Å². The van der Waals surface area contributed by atoms with Gasteiger partial charge in [-0.3, -0.25) is 0 Å². The SMILES string of the molecule is CC1(N)CCc2cnc(C3CCC3)nc21. The average Bonchev–Trinajstić information content (AvgIpc) is 2.40. The Hall–Kier alpha value is -0.960. The first-order chi connectivity index (χ1) is 7.17. The van der Waals surface area contributed by atoms with Gasteiger partial charge in [-0.2, -0.15) is 0 Å². The highest BCUT2D eigenvalue weighted by Gasteiger charge is 2.34. The van der Waals surface area contributed by atoms with Crippen LogP contribution in [0, 0.1) is 0 Å². The first kappa shape index (κ1) is 9.28. The quantitative estimate of drug-likeness (QED) is 0.758. The zero-order chi connectivity index (χ0) is 10.5. The fourth-order valence-corrected chi connectivity index (χ4v) is 2.47. The van der Waals surface area contributed by atoms with Crippen molar-refractivity contribution in [2.75, 3.05) is 0 Å². The Kier molecular flexibility index (Phi) is 1.87. The van der Waals surface area contributed by atoms with Gasteiger partial charge in [-0.25, -0.2) is 9.97 Å². The third kappa shape index (κ3) is 1.37. The van der Waals surface area contributed by atoms with Gasteiger partial charge in [0.25, 0.3) is 0 Å². The number of nitrogens with two attached hydrogens (primary N) is 1. The van der Waals surface area contributed by atoms with E-state index in [1.54, 1.807) is 0 Å². The molecule has 0 saturated heterocycles. The summed E-state index contributed by atoms with van der Waals surface area (Å²) in [6.45, 7) is 2.08. The van der Waals surface area contributed by atoms with E-state index in [1.807, 2.05) is 6.20 Å². The number of fused-ring (bicyclic) bond motifs is 1. The lowest BCUT2D eigenvalue weighted by molar-refractivity contribution is 0.396. The lowest BCUT2D eigenvalue weighted by atomic mass is 9.84. The molecule has 1 unspecified atom stereocenters. The highest BCUT2D eigenvalue weighted by molar-refractivity contribution is 5.31. The molecule has 0 amide bonds. The minimum Gasteiger partial charge on any atom is -0.320 e. The summed E-state index contributed by atoms with van der Waals surface area (Å²) in [5.74, 6) is 1.63. The van der Waals surface area contributed by atoms with Crippen LogP contribution in [0.2, 0.25) is 0 Å². The summed E-state index contributed by atoms with van der Waals surface area (Å²) in [5, 5.41) is 0. The molecule has 3 heteroatoms. The number of nitrogens with zero attached hydrogens (tertiary/aromatic N) is 2. The number of hydrogen-bond donors (Lipinski definition) is 1. The third-order valence-corrected chi connectivity index (χ3v) is 3.81. The topological polar surface area (TPSA) is 51.8 Å². The van der Waals surface area contributed by atoms with Crippen LogP contribution in [0.25, 0.3) is 0 Å². The molecule has 1 aromatic heterocycles. The molecule has 0 spiro atoms. The summed E-state index contributed by atoms with van der Waals surface area (Å²) in [7, 11) is 0. The van der Waals surface area contributed by atoms with Crippen molar-refractivity contribution in [2.24, 2.45) is 5.73 Å². The molecular formula is C12H17N3. The molecule has 0 aromatic carbocycles. The van der Waals surface area contributed by atoms with Gasteiger partial charge in [-0.15, -0.1) is 0 Å². The Morgan fingerprint density at radius 1 is 1.47 bits per heavy atom. The van der Waals surface area contributed by atoms with E-state index in [2.05, 4.69) is 11.9 Å². The lowest BCUT2D eigenvalue weighted by Crippen LogP contribution is -2.31. The van der Waals surface area contributed by atoms with Gasteiger partial charge in [-0.05, 0) is 38.2 Å². The molecule has 2 N–H and O–H groups in total. The number of aryl methyl sites for hydroxylation is 1. The predicted molar refractivity (Wildman–Crippen MR) is 58.5 cm³/mol. The zero-order valence-corrected chi connectivity index (χ0v) is 9.16. The van der Waals surface area contributed by atoms with Gasteiger partial charge in [0.1, 0.15) is 5.82 Å². The normalized spacial score (nSPS) is 30.0. The van der Waals surface area contributed by atoms with Gasteiger partial charge >= 0.3 is 0 Å². The van der Waals surface area contributed by atoms with Crippen LogP contribution in [0.5, 0.6) is 0 Å². The van der Waals surface area contributed by atoms with Gasteiger partial charge in [0.05, 0.1) is 11.2 Å². The lowest BCUT2D eigenvalue weighted by Gasteiger charge is -2.25. The highest BCUT2D eigenvalue weighted by atomic mass is 14.9. The van der Waals surface area contributed by atoms with E-state index >= 15 is 0 Å². The first-order valence-electron chi connectivity index (χ1n) is 5.82. The van der Waals surface area contributed by atoms with Crippen LogP contribution in [0.4, 0.5) is 0 Å². The summed E-state index contributed by atoms with van der Waals surface area (Å²) in [6, 6.07) is 0. The molecule has 0 aliphatic heterocycles. The van der Waals surface area contributed by atoms with E-state index in [9.17, 15) is 0 Å². The maximum Gasteiger partial charge on any atom is 0.131 e. The van der Waals surface area contributed by atoms with Crippen molar-refractivity contribution in [3.63, 3.8) is 0 Å². The Labute approximate surface area is 90.1 Å². The maximum absolute atomic E-state index is 6.23. The molecule has 80 valence electrons. The monoisotopic (exact) mass is 203 g/mol. The van der Waals surface area contributed by atoms with E-state index in [0.717, 1.165) is 24.4 Å². The van der Waals surface area contributed by atoms with Crippen molar-refractivity contribution in [2.45, 2.75) is 50.5 Å². The third-order valence-electron chi connectivity index (χ3n) is 3.81. The van der Waals surface area contributed by atoms with Crippen molar-refractivity contribution in [1.29, 1.82) is 0 Å². The zero-order valence-electron chi connectivity index (χ0n) is 9.16. The molecule has 1 saturated carbocycles. The molecular weight excluding hydrogens is 186 g/mol. The predicted octanol–water partition coefficient (Wildman–Crippen LogP) is 1.86. The molecule has 1 heterocycles. The van der Waals surface area contributed by atoms with E-state index in [0.29, 0.717) is 5.92 Å². The van der Waals surface area contributed by atoms with Crippen molar-refractivity contribution >= 4 is 0 Å². The summed E-state index contributed by atoms with van der Waals surface area (Å²) < 4.78 is 0. The Bertz CT molecular complexity index is 394. The summed E-state index contributed by atoms with van der Waals surface area (Å²) in [6.07, 6.45) is 7.86. The highest BCUT2D eigenvalue weighted by Crippen LogP contribution is 2.37. The smallest absolute Gasteiger partial charge is 0.131 e. The molecule has 15 heavy (non-hydrogen) atoms. The van der Waals surface area contributed by atoms with Gasteiger partial charge in [0, 0.05) is 12.1 Å². The van der Waals surface area contributed by atoms with Crippen LogP contribution in [0.1, 0.15) is 55.6 Å². The fourth-order valence-electron chi connectivity index (χ4n) is 2.47. The molecule has 1 fully saturated rings. The average molecular weight is 203 g/mol. The van der Waals surface area contributed by atoms with Crippen LogP contribution in [-0.2, 0) is 12.0 Å². The second-order valence-corrected chi connectivity index (χ2v) is 5.15. The van der Waals surface area contributed by atoms with Crippen molar-refractivity contribution < 1.29 is 0 Å². The van der Waals surface area contributed by atoms with Crippen molar-refractivity contribution in [3.05, 3.63) is 23.3 Å². The molecule has 3 nitrogen and oxygen atoms in total. The summed E-state index contributed by atoms with van der Waals surface area (Å²) in [5.41, 5.74) is 8.35. The Morgan fingerprint density at radius 2 is 2.27 bits per heavy atom. The van der Waals surface area contributed by atoms with Crippen LogP contribution >= 0.6 is 0 Å². The van der Waals surface area contributed by atoms with Gasteiger partial charge in [0.15, 0.2) is 0 Å². The van der Waals surface area contributed by atoms with Crippen LogP contribution in [0.3, 0.4) is 0 Å². The van der Waals surface area contributed by atoms with Crippen molar-refractivity contribution in [1.82, 2.24) is 9.97 Å². The first-order valence-corrected chi connectivity index (χ1v) is 5.82. The number of aromatic nitrogens is 2. The standard InChI is InChI=1S/C12H17N3/c1-12(13)6-5-9-7-14-11(15-10(9)12)8-3-2-4-8/h7-8H,2-6,13H2,1H3. The number of hydrogen-bond acceptors (Lipinski definition) is 3. The minimum absolute atomic E-state index is 0.225. The molecule has 0 radical (unpaired) electrons. The summed E-state index contributed by atoms with van der Waals surface area (Å²) in [4.78, 5) is 9.16. The van der Waals surface area contributed by atoms with Crippen molar-refractivity contribution in [3.8, 4) is 0 Å². The molecule has 1 atom stereocenters.